The normalized spacial score (nSPS) is 13.5. The third-order valence-corrected chi connectivity index (χ3v) is 3.54. The van der Waals surface area contributed by atoms with Crippen LogP contribution >= 0.6 is 0 Å². The molecule has 1 atom stereocenters. The minimum atomic E-state index is -0.787. The number of carbonyl (C=O) groups excluding carboxylic acids is 1. The molecule has 0 heterocycles. The van der Waals surface area contributed by atoms with E-state index < -0.39 is 5.60 Å². The molecule has 0 aliphatic heterocycles. The van der Waals surface area contributed by atoms with Crippen molar-refractivity contribution in [2.45, 2.75) is 52.1 Å². The van der Waals surface area contributed by atoms with Crippen LogP contribution in [0.4, 0.5) is 5.69 Å². The van der Waals surface area contributed by atoms with E-state index in [0.717, 1.165) is 37.3 Å². The van der Waals surface area contributed by atoms with Crippen LogP contribution in [-0.4, -0.2) is 25.2 Å². The van der Waals surface area contributed by atoms with Gasteiger partial charge in [0.1, 0.15) is 11.4 Å². The lowest BCUT2D eigenvalue weighted by atomic mass is 9.99. The highest BCUT2D eigenvalue weighted by Gasteiger charge is 2.31. The summed E-state index contributed by atoms with van der Waals surface area (Å²) in [5.41, 5.74) is -0.0346. The molecule has 0 bridgehead atoms. The van der Waals surface area contributed by atoms with Crippen LogP contribution < -0.4 is 10.1 Å². The van der Waals surface area contributed by atoms with Gasteiger partial charge in [0.05, 0.1) is 6.61 Å². The molecule has 0 aromatic heterocycles. The molecule has 1 amide bonds. The zero-order valence-electron chi connectivity index (χ0n) is 13.6. The molecule has 1 N–H and O–H groups in total. The van der Waals surface area contributed by atoms with Gasteiger partial charge in [0, 0.05) is 12.8 Å². The molecule has 0 aliphatic rings. The molecule has 0 saturated heterocycles. The molecule has 0 aliphatic carbocycles. The number of ether oxygens (including phenoxy) is 2. The van der Waals surface area contributed by atoms with Gasteiger partial charge in [0.15, 0.2) is 0 Å². The average molecular weight is 293 g/mol. The van der Waals surface area contributed by atoms with Crippen molar-refractivity contribution < 1.29 is 14.3 Å². The Morgan fingerprint density at radius 1 is 1.19 bits per heavy atom. The summed E-state index contributed by atoms with van der Waals surface area (Å²) in [6, 6.07) is 7.44. The molecule has 4 nitrogen and oxygen atoms in total. The van der Waals surface area contributed by atoms with Crippen molar-refractivity contribution in [1.29, 1.82) is 0 Å². The number of rotatable bonds is 9. The second kappa shape index (κ2) is 8.67. The van der Waals surface area contributed by atoms with E-state index in [1.54, 1.807) is 7.11 Å². The van der Waals surface area contributed by atoms with E-state index in [1.165, 1.54) is 0 Å². The fourth-order valence-electron chi connectivity index (χ4n) is 2.02. The molecule has 4 heteroatoms. The molecule has 118 valence electrons. The quantitative estimate of drug-likeness (QED) is 0.700. The standard InChI is InChI=1S/C17H27NO3/c1-5-7-13-21-15-10-8-14(9-11-15)18-16(19)17(3,20-4)12-6-2/h8-11H,5-7,12-13H2,1-4H3,(H,18,19)/t17-/m1/s1. The molecule has 21 heavy (non-hydrogen) atoms. The van der Waals surface area contributed by atoms with E-state index >= 15 is 0 Å². The maximum absolute atomic E-state index is 12.3. The number of anilines is 1. The first-order valence-electron chi connectivity index (χ1n) is 7.65. The van der Waals surface area contributed by atoms with E-state index in [0.29, 0.717) is 6.42 Å². The van der Waals surface area contributed by atoms with Crippen LogP contribution in [0.1, 0.15) is 46.5 Å². The Kier molecular flexibility index (Phi) is 7.23. The molecule has 1 aromatic carbocycles. The molecule has 0 radical (unpaired) electrons. The molecule has 0 saturated carbocycles. The van der Waals surface area contributed by atoms with Crippen molar-refractivity contribution in [1.82, 2.24) is 0 Å². The Morgan fingerprint density at radius 2 is 1.86 bits per heavy atom. The largest absolute Gasteiger partial charge is 0.494 e. The highest BCUT2D eigenvalue weighted by molar-refractivity contribution is 5.97. The van der Waals surface area contributed by atoms with E-state index in [4.69, 9.17) is 9.47 Å². The van der Waals surface area contributed by atoms with Crippen LogP contribution in [0, 0.1) is 0 Å². The summed E-state index contributed by atoms with van der Waals surface area (Å²) in [6.45, 7) is 6.70. The fraction of sp³-hybridized carbons (Fsp3) is 0.588. The van der Waals surface area contributed by atoms with Crippen LogP contribution in [0.15, 0.2) is 24.3 Å². The topological polar surface area (TPSA) is 47.6 Å². The molecule has 0 unspecified atom stereocenters. The van der Waals surface area contributed by atoms with Crippen molar-refractivity contribution in [2.24, 2.45) is 0 Å². The third kappa shape index (κ3) is 5.38. The molecular weight excluding hydrogens is 266 g/mol. The first kappa shape index (κ1) is 17.5. The number of nitrogens with one attached hydrogen (secondary N) is 1. The van der Waals surface area contributed by atoms with Gasteiger partial charge in [-0.05, 0) is 44.0 Å². The first-order valence-corrected chi connectivity index (χ1v) is 7.65. The Labute approximate surface area is 127 Å². The Balaban J connectivity index is 2.60. The molecule has 0 spiro atoms. The van der Waals surface area contributed by atoms with E-state index in [9.17, 15) is 4.79 Å². The average Bonchev–Trinajstić information content (AvgIpc) is 2.49. The summed E-state index contributed by atoms with van der Waals surface area (Å²) >= 11 is 0. The summed E-state index contributed by atoms with van der Waals surface area (Å²) in [5.74, 6) is 0.705. The fourth-order valence-corrected chi connectivity index (χ4v) is 2.02. The van der Waals surface area contributed by atoms with E-state index in [1.807, 2.05) is 38.1 Å². The number of unbranched alkanes of at least 4 members (excludes halogenated alkanes) is 1. The van der Waals surface area contributed by atoms with Gasteiger partial charge in [-0.1, -0.05) is 26.7 Å². The minimum Gasteiger partial charge on any atom is -0.494 e. The summed E-state index contributed by atoms with van der Waals surface area (Å²) in [7, 11) is 1.57. The van der Waals surface area contributed by atoms with Gasteiger partial charge >= 0.3 is 0 Å². The van der Waals surface area contributed by atoms with Crippen molar-refractivity contribution in [3.8, 4) is 5.75 Å². The van der Waals surface area contributed by atoms with Crippen LogP contribution in [0.5, 0.6) is 5.75 Å². The van der Waals surface area contributed by atoms with E-state index in [2.05, 4.69) is 12.2 Å². The number of benzene rings is 1. The van der Waals surface area contributed by atoms with Gasteiger partial charge in [-0.3, -0.25) is 4.79 Å². The van der Waals surface area contributed by atoms with Gasteiger partial charge < -0.3 is 14.8 Å². The predicted octanol–water partition coefficient (Wildman–Crippen LogP) is 4.01. The summed E-state index contributed by atoms with van der Waals surface area (Å²) in [4.78, 5) is 12.3. The van der Waals surface area contributed by atoms with Crippen molar-refractivity contribution in [2.75, 3.05) is 19.0 Å². The van der Waals surface area contributed by atoms with Crippen LogP contribution in [-0.2, 0) is 9.53 Å². The smallest absolute Gasteiger partial charge is 0.256 e. The lowest BCUT2D eigenvalue weighted by molar-refractivity contribution is -0.136. The zero-order valence-corrected chi connectivity index (χ0v) is 13.6. The van der Waals surface area contributed by atoms with Gasteiger partial charge in [-0.15, -0.1) is 0 Å². The van der Waals surface area contributed by atoms with Crippen LogP contribution in [0.3, 0.4) is 0 Å². The number of carbonyl (C=O) groups is 1. The Morgan fingerprint density at radius 3 is 2.38 bits per heavy atom. The molecule has 1 rings (SSSR count). The van der Waals surface area contributed by atoms with Gasteiger partial charge in [-0.2, -0.15) is 0 Å². The molecular formula is C17H27NO3. The van der Waals surface area contributed by atoms with Gasteiger partial charge in [0.25, 0.3) is 5.91 Å². The lowest BCUT2D eigenvalue weighted by Gasteiger charge is -2.26. The van der Waals surface area contributed by atoms with Gasteiger partial charge in [-0.25, -0.2) is 0 Å². The highest BCUT2D eigenvalue weighted by Crippen LogP contribution is 2.21. The Bertz CT molecular complexity index is 430. The highest BCUT2D eigenvalue weighted by atomic mass is 16.5. The SMILES string of the molecule is CCCCOc1ccc(NC(=O)[C@@](C)(CCC)OC)cc1. The minimum absolute atomic E-state index is 0.119. The van der Waals surface area contributed by atoms with Crippen molar-refractivity contribution in [3.05, 3.63) is 24.3 Å². The molecule has 0 fully saturated rings. The van der Waals surface area contributed by atoms with E-state index in [-0.39, 0.29) is 5.91 Å². The summed E-state index contributed by atoms with van der Waals surface area (Å²) < 4.78 is 11.0. The van der Waals surface area contributed by atoms with Crippen LogP contribution in [0.25, 0.3) is 0 Å². The second-order valence-electron chi connectivity index (χ2n) is 5.37. The lowest BCUT2D eigenvalue weighted by Crippen LogP contribution is -2.41. The molecule has 1 aromatic rings. The summed E-state index contributed by atoms with van der Waals surface area (Å²) in [6.07, 6.45) is 3.73. The number of hydrogen-bond acceptors (Lipinski definition) is 3. The Hall–Kier alpha value is -1.55. The summed E-state index contributed by atoms with van der Waals surface area (Å²) in [5, 5.41) is 2.89. The monoisotopic (exact) mass is 293 g/mol. The number of amides is 1. The number of hydrogen-bond donors (Lipinski definition) is 1. The zero-order chi connectivity index (χ0) is 15.7. The third-order valence-electron chi connectivity index (χ3n) is 3.54. The van der Waals surface area contributed by atoms with Gasteiger partial charge in [0.2, 0.25) is 0 Å². The second-order valence-corrected chi connectivity index (χ2v) is 5.37. The van der Waals surface area contributed by atoms with Crippen LogP contribution in [0.2, 0.25) is 0 Å². The maximum atomic E-state index is 12.3. The van der Waals surface area contributed by atoms with Crippen molar-refractivity contribution in [3.63, 3.8) is 0 Å². The predicted molar refractivity (Wildman–Crippen MR) is 85.8 cm³/mol. The maximum Gasteiger partial charge on any atom is 0.256 e. The number of methoxy groups -OCH3 is 1. The first-order chi connectivity index (χ1) is 10.1. The van der Waals surface area contributed by atoms with Crippen molar-refractivity contribution >= 4 is 11.6 Å².